The Morgan fingerprint density at radius 1 is 0.853 bits per heavy atom. The third-order valence-electron chi connectivity index (χ3n) is 6.45. The highest BCUT2D eigenvalue weighted by molar-refractivity contribution is 7.12. The molecule has 1 aromatic heterocycles. The average molecular weight is 474 g/mol. The third kappa shape index (κ3) is 5.06. The minimum absolute atomic E-state index is 0.250. The molecule has 0 spiro atoms. The van der Waals surface area contributed by atoms with Gasteiger partial charge in [-0.15, -0.1) is 11.3 Å². The second kappa shape index (κ2) is 10.1. The van der Waals surface area contributed by atoms with Gasteiger partial charge in [0.25, 0.3) is 0 Å². The Labute approximate surface area is 205 Å². The van der Waals surface area contributed by atoms with E-state index in [0.717, 1.165) is 40.1 Å². The number of phenols is 1. The lowest BCUT2D eigenvalue weighted by atomic mass is 9.99. The largest absolute Gasteiger partial charge is 0.508 e. The molecule has 1 fully saturated rings. The molecule has 1 saturated heterocycles. The van der Waals surface area contributed by atoms with Crippen LogP contribution in [0.4, 0.5) is 0 Å². The summed E-state index contributed by atoms with van der Waals surface area (Å²) >= 11 is 1.79. The predicted octanol–water partition coefficient (Wildman–Crippen LogP) is 7.55. The first kappa shape index (κ1) is 22.8. The van der Waals surface area contributed by atoms with Gasteiger partial charge in [-0.05, 0) is 105 Å². The summed E-state index contributed by atoms with van der Waals surface area (Å²) in [6.07, 6.45) is 3.95. The van der Waals surface area contributed by atoms with Gasteiger partial charge in [0.1, 0.15) is 29.6 Å². The van der Waals surface area contributed by atoms with E-state index in [1.54, 1.807) is 23.5 Å². The van der Waals surface area contributed by atoms with Crippen molar-refractivity contribution in [2.24, 2.45) is 0 Å². The van der Waals surface area contributed by atoms with Crippen molar-refractivity contribution < 1.29 is 14.6 Å². The van der Waals surface area contributed by atoms with Crippen molar-refractivity contribution in [3.05, 3.63) is 70.4 Å². The number of hydrogen-bond acceptors (Lipinski definition) is 5. The van der Waals surface area contributed by atoms with Crippen molar-refractivity contribution >= 4 is 22.1 Å². The normalized spacial score (nSPS) is 14.4. The number of likely N-dealkylation sites (tertiary alicyclic amines) is 1. The Morgan fingerprint density at radius 2 is 1.62 bits per heavy atom. The highest BCUT2D eigenvalue weighted by atomic mass is 32.1. The van der Waals surface area contributed by atoms with Crippen LogP contribution in [0.2, 0.25) is 0 Å². The summed E-state index contributed by atoms with van der Waals surface area (Å²) in [6.45, 7) is 8.32. The number of benzene rings is 3. The number of aromatic hydroxyl groups is 1. The lowest BCUT2D eigenvalue weighted by Crippen LogP contribution is -2.33. The molecule has 1 aliphatic heterocycles. The van der Waals surface area contributed by atoms with E-state index in [2.05, 4.69) is 30.9 Å². The maximum atomic E-state index is 9.97. The predicted molar refractivity (Wildman–Crippen MR) is 141 cm³/mol. The molecule has 0 aliphatic carbocycles. The quantitative estimate of drug-likeness (QED) is 0.301. The lowest BCUT2D eigenvalue weighted by Gasteiger charge is -2.26. The molecule has 5 heteroatoms. The number of phenolic OH excluding ortho intramolecular Hbond substituents is 1. The van der Waals surface area contributed by atoms with Crippen LogP contribution in [-0.4, -0.2) is 36.2 Å². The van der Waals surface area contributed by atoms with Gasteiger partial charge in [-0.2, -0.15) is 0 Å². The number of aryl methyl sites for hydroxylation is 2. The van der Waals surface area contributed by atoms with E-state index in [4.69, 9.17) is 9.47 Å². The zero-order valence-electron chi connectivity index (χ0n) is 19.8. The standard InChI is InChI=1S/C29H31NO3S/c1-20-18-28(21(2)34-20)27-12-6-22-19-23(31)7-13-26(22)29(27)33-25-10-8-24(9-11-25)32-17-16-30-14-4-3-5-15-30/h6-13,18-19,31H,3-5,14-17H2,1-2H3. The Hall–Kier alpha value is -3.02. The van der Waals surface area contributed by atoms with E-state index < -0.39 is 0 Å². The van der Waals surface area contributed by atoms with Crippen molar-refractivity contribution in [3.63, 3.8) is 0 Å². The zero-order valence-corrected chi connectivity index (χ0v) is 20.7. The number of hydrogen-bond donors (Lipinski definition) is 1. The van der Waals surface area contributed by atoms with Crippen LogP contribution in [0.1, 0.15) is 29.0 Å². The van der Waals surface area contributed by atoms with Gasteiger partial charge in [0, 0.05) is 27.2 Å². The Bertz CT molecular complexity index is 1270. The molecule has 0 bridgehead atoms. The number of thiophene rings is 1. The first-order valence-electron chi connectivity index (χ1n) is 12.0. The van der Waals surface area contributed by atoms with Gasteiger partial charge in [0.15, 0.2) is 0 Å². The molecule has 4 aromatic rings. The second-order valence-corrected chi connectivity index (χ2v) is 10.5. The van der Waals surface area contributed by atoms with Crippen molar-refractivity contribution in [2.45, 2.75) is 33.1 Å². The highest BCUT2D eigenvalue weighted by Crippen LogP contribution is 2.43. The molecule has 1 N–H and O–H groups in total. The minimum Gasteiger partial charge on any atom is -0.508 e. The first-order chi connectivity index (χ1) is 16.6. The second-order valence-electron chi connectivity index (χ2n) is 9.00. The van der Waals surface area contributed by atoms with Gasteiger partial charge in [-0.3, -0.25) is 4.90 Å². The van der Waals surface area contributed by atoms with Gasteiger partial charge in [-0.1, -0.05) is 12.5 Å². The average Bonchev–Trinajstić information content (AvgIpc) is 3.18. The molecule has 176 valence electrons. The van der Waals surface area contributed by atoms with Crippen LogP contribution in [0.25, 0.3) is 21.9 Å². The minimum atomic E-state index is 0.250. The zero-order chi connectivity index (χ0) is 23.5. The molecule has 0 amide bonds. The van der Waals surface area contributed by atoms with Gasteiger partial charge in [-0.25, -0.2) is 0 Å². The molecule has 3 aromatic carbocycles. The van der Waals surface area contributed by atoms with Crippen LogP contribution in [0.5, 0.6) is 23.0 Å². The van der Waals surface area contributed by atoms with Crippen LogP contribution in [0, 0.1) is 13.8 Å². The maximum Gasteiger partial charge on any atom is 0.143 e. The van der Waals surface area contributed by atoms with Crippen LogP contribution in [0.15, 0.2) is 60.7 Å². The van der Waals surface area contributed by atoms with E-state index in [-0.39, 0.29) is 5.75 Å². The summed E-state index contributed by atoms with van der Waals surface area (Å²) < 4.78 is 12.5. The molecule has 4 nitrogen and oxygen atoms in total. The topological polar surface area (TPSA) is 41.9 Å². The summed E-state index contributed by atoms with van der Waals surface area (Å²) in [7, 11) is 0. The summed E-state index contributed by atoms with van der Waals surface area (Å²) in [4.78, 5) is 5.02. The number of fused-ring (bicyclic) bond motifs is 1. The van der Waals surface area contributed by atoms with E-state index in [9.17, 15) is 5.11 Å². The van der Waals surface area contributed by atoms with Gasteiger partial charge in [0.2, 0.25) is 0 Å². The molecule has 5 rings (SSSR count). The van der Waals surface area contributed by atoms with Crippen molar-refractivity contribution in [1.29, 1.82) is 0 Å². The van der Waals surface area contributed by atoms with E-state index in [1.807, 2.05) is 36.4 Å². The Balaban J connectivity index is 1.38. The Kier molecular flexibility index (Phi) is 6.75. The molecular weight excluding hydrogens is 442 g/mol. The number of rotatable bonds is 7. The van der Waals surface area contributed by atoms with Gasteiger partial charge in [0.05, 0.1) is 0 Å². The molecule has 0 atom stereocenters. The summed E-state index contributed by atoms with van der Waals surface area (Å²) in [5.41, 5.74) is 2.24. The van der Waals surface area contributed by atoms with Crippen molar-refractivity contribution in [2.75, 3.05) is 26.2 Å². The van der Waals surface area contributed by atoms with Crippen LogP contribution in [-0.2, 0) is 0 Å². The fourth-order valence-electron chi connectivity index (χ4n) is 4.71. The number of piperidine rings is 1. The first-order valence-corrected chi connectivity index (χ1v) is 12.8. The molecule has 0 radical (unpaired) electrons. The summed E-state index contributed by atoms with van der Waals surface area (Å²) in [5.74, 6) is 2.67. The monoisotopic (exact) mass is 473 g/mol. The molecule has 1 aliphatic rings. The fourth-order valence-corrected chi connectivity index (χ4v) is 5.64. The SMILES string of the molecule is Cc1cc(-c2ccc3cc(O)ccc3c2Oc2ccc(OCCN3CCCCC3)cc2)c(C)s1. The van der Waals surface area contributed by atoms with Gasteiger partial charge >= 0.3 is 0 Å². The molecule has 0 saturated carbocycles. The highest BCUT2D eigenvalue weighted by Gasteiger charge is 2.16. The molecule has 34 heavy (non-hydrogen) atoms. The maximum absolute atomic E-state index is 9.97. The van der Waals surface area contributed by atoms with Crippen LogP contribution < -0.4 is 9.47 Å². The summed E-state index contributed by atoms with van der Waals surface area (Å²) in [6, 6.07) is 19.6. The molecule has 2 heterocycles. The molecular formula is C29H31NO3S. The van der Waals surface area contributed by atoms with Crippen LogP contribution in [0.3, 0.4) is 0 Å². The lowest BCUT2D eigenvalue weighted by molar-refractivity contribution is 0.183. The third-order valence-corrected chi connectivity index (χ3v) is 7.42. The van der Waals surface area contributed by atoms with Gasteiger partial charge < -0.3 is 14.6 Å². The smallest absolute Gasteiger partial charge is 0.143 e. The number of ether oxygens (including phenoxy) is 2. The van der Waals surface area contributed by atoms with E-state index in [0.29, 0.717) is 6.61 Å². The Morgan fingerprint density at radius 3 is 2.35 bits per heavy atom. The fraction of sp³-hybridized carbons (Fsp3) is 0.310. The van der Waals surface area contributed by atoms with Crippen molar-refractivity contribution in [1.82, 2.24) is 4.90 Å². The van der Waals surface area contributed by atoms with Crippen molar-refractivity contribution in [3.8, 4) is 34.1 Å². The summed E-state index contributed by atoms with van der Waals surface area (Å²) in [5, 5.41) is 11.9. The molecule has 0 unspecified atom stereocenters. The van der Waals surface area contributed by atoms with E-state index >= 15 is 0 Å². The van der Waals surface area contributed by atoms with E-state index in [1.165, 1.54) is 47.7 Å². The number of nitrogens with zero attached hydrogens (tertiary/aromatic N) is 1. The van der Waals surface area contributed by atoms with Crippen LogP contribution >= 0.6 is 11.3 Å².